The molecule has 1 unspecified atom stereocenters. The molecule has 0 saturated heterocycles. The summed E-state index contributed by atoms with van der Waals surface area (Å²) in [4.78, 5) is 26.3. The number of aliphatic carboxylic acids is 1. The zero-order chi connectivity index (χ0) is 15.2. The van der Waals surface area contributed by atoms with Crippen molar-refractivity contribution in [3.05, 3.63) is 0 Å². The average molecular weight is 273 g/mol. The molecule has 0 spiro atoms. The number of carbonyl (C=O) groups is 2. The second-order valence-electron chi connectivity index (χ2n) is 5.96. The van der Waals surface area contributed by atoms with E-state index in [9.17, 15) is 9.59 Å². The van der Waals surface area contributed by atoms with Gasteiger partial charge in [0.1, 0.15) is 0 Å². The van der Waals surface area contributed by atoms with Crippen molar-refractivity contribution in [2.45, 2.75) is 45.7 Å². The minimum absolute atomic E-state index is 0.0477. The molecular weight excluding hydrogens is 246 g/mol. The predicted molar refractivity (Wildman–Crippen MR) is 75.3 cm³/mol. The third-order valence-corrected chi connectivity index (χ3v) is 3.03. The van der Waals surface area contributed by atoms with Gasteiger partial charge in [-0.25, -0.2) is 4.79 Å². The molecule has 0 radical (unpaired) electrons. The van der Waals surface area contributed by atoms with Crippen molar-refractivity contribution in [3.63, 3.8) is 0 Å². The van der Waals surface area contributed by atoms with Gasteiger partial charge in [0.15, 0.2) is 0 Å². The van der Waals surface area contributed by atoms with E-state index in [1.54, 1.807) is 4.90 Å². The second kappa shape index (κ2) is 7.33. The lowest BCUT2D eigenvalue weighted by atomic mass is 10.1. The smallest absolute Gasteiger partial charge is 0.317 e. The molecule has 6 nitrogen and oxygen atoms in total. The first kappa shape index (κ1) is 17.7. The Morgan fingerprint density at radius 1 is 1.26 bits per heavy atom. The van der Waals surface area contributed by atoms with E-state index in [1.165, 1.54) is 0 Å². The van der Waals surface area contributed by atoms with Crippen LogP contribution in [0.4, 0.5) is 4.79 Å². The maximum atomic E-state index is 12.1. The van der Waals surface area contributed by atoms with Crippen molar-refractivity contribution < 1.29 is 14.7 Å². The largest absolute Gasteiger partial charge is 0.481 e. The molecular formula is C13H27N3O3. The lowest BCUT2D eigenvalue weighted by molar-refractivity contribution is -0.137. The normalized spacial score (nSPS) is 13.2. The van der Waals surface area contributed by atoms with Crippen molar-refractivity contribution in [2.24, 2.45) is 0 Å². The van der Waals surface area contributed by atoms with Crippen molar-refractivity contribution >= 4 is 12.0 Å². The number of nitrogens with one attached hydrogen (secondary N) is 1. The Bertz CT molecular complexity index is 311. The Balaban J connectivity index is 4.51. The van der Waals surface area contributed by atoms with Gasteiger partial charge in [-0.2, -0.15) is 0 Å². The molecule has 0 saturated carbocycles. The zero-order valence-corrected chi connectivity index (χ0v) is 12.9. The maximum absolute atomic E-state index is 12.1. The number of nitrogens with zero attached hydrogens (tertiary/aromatic N) is 2. The number of urea groups is 1. The van der Waals surface area contributed by atoms with E-state index in [-0.39, 0.29) is 25.0 Å². The Labute approximate surface area is 115 Å². The van der Waals surface area contributed by atoms with Gasteiger partial charge in [0.2, 0.25) is 0 Å². The van der Waals surface area contributed by atoms with Crippen LogP contribution in [0.25, 0.3) is 0 Å². The standard InChI is InChI=1S/C13H27N3O3/c1-10(15(5)6)9-14-12(19)16(13(2,3)4)8-7-11(17)18/h10H,7-9H2,1-6H3,(H,14,19)(H,17,18). The van der Waals surface area contributed by atoms with Gasteiger partial charge < -0.3 is 20.2 Å². The summed E-state index contributed by atoms with van der Waals surface area (Å²) in [6, 6.07) is 0.00712. The Morgan fingerprint density at radius 3 is 2.16 bits per heavy atom. The molecule has 0 aromatic heterocycles. The topological polar surface area (TPSA) is 72.9 Å². The van der Waals surface area contributed by atoms with Crippen LogP contribution >= 0.6 is 0 Å². The van der Waals surface area contributed by atoms with E-state index >= 15 is 0 Å². The van der Waals surface area contributed by atoms with Gasteiger partial charge in [-0.05, 0) is 41.8 Å². The first-order chi connectivity index (χ1) is 8.55. The van der Waals surface area contributed by atoms with Gasteiger partial charge in [-0.15, -0.1) is 0 Å². The van der Waals surface area contributed by atoms with Crippen molar-refractivity contribution in [1.29, 1.82) is 0 Å². The third kappa shape index (κ3) is 7.00. The zero-order valence-electron chi connectivity index (χ0n) is 12.9. The molecule has 19 heavy (non-hydrogen) atoms. The molecule has 0 aliphatic rings. The number of carboxylic acids is 1. The molecule has 0 fully saturated rings. The van der Waals surface area contributed by atoms with E-state index in [1.807, 2.05) is 46.7 Å². The predicted octanol–water partition coefficient (Wildman–Crippen LogP) is 1.22. The minimum atomic E-state index is -0.899. The van der Waals surface area contributed by atoms with Crippen LogP contribution < -0.4 is 5.32 Å². The van der Waals surface area contributed by atoms with E-state index < -0.39 is 11.5 Å². The van der Waals surface area contributed by atoms with Crippen LogP contribution in [-0.2, 0) is 4.79 Å². The van der Waals surface area contributed by atoms with Crippen LogP contribution in [0.15, 0.2) is 0 Å². The molecule has 0 aromatic rings. The molecule has 2 N–H and O–H groups in total. The monoisotopic (exact) mass is 273 g/mol. The number of amides is 2. The van der Waals surface area contributed by atoms with E-state index in [2.05, 4.69) is 5.32 Å². The fraction of sp³-hybridized carbons (Fsp3) is 0.846. The highest BCUT2D eigenvalue weighted by atomic mass is 16.4. The summed E-state index contributed by atoms with van der Waals surface area (Å²) >= 11 is 0. The number of likely N-dealkylation sites (N-methyl/N-ethyl adjacent to an activating group) is 1. The second-order valence-corrected chi connectivity index (χ2v) is 5.96. The first-order valence-electron chi connectivity index (χ1n) is 6.49. The quantitative estimate of drug-likeness (QED) is 0.763. The molecule has 0 heterocycles. The van der Waals surface area contributed by atoms with Gasteiger partial charge in [-0.1, -0.05) is 0 Å². The molecule has 2 amide bonds. The van der Waals surface area contributed by atoms with Gasteiger partial charge in [0.25, 0.3) is 0 Å². The minimum Gasteiger partial charge on any atom is -0.481 e. The lowest BCUT2D eigenvalue weighted by Gasteiger charge is -2.36. The van der Waals surface area contributed by atoms with Crippen molar-refractivity contribution in [2.75, 3.05) is 27.2 Å². The SMILES string of the molecule is CC(CNC(=O)N(CCC(=O)O)C(C)(C)C)N(C)C. The van der Waals surface area contributed by atoms with Gasteiger partial charge in [-0.3, -0.25) is 4.79 Å². The molecule has 112 valence electrons. The highest BCUT2D eigenvalue weighted by Crippen LogP contribution is 2.13. The fourth-order valence-electron chi connectivity index (χ4n) is 1.46. The Kier molecular flexibility index (Phi) is 6.83. The highest BCUT2D eigenvalue weighted by molar-refractivity contribution is 5.76. The third-order valence-electron chi connectivity index (χ3n) is 3.03. The van der Waals surface area contributed by atoms with Crippen LogP contribution in [0.1, 0.15) is 34.1 Å². The molecule has 0 aliphatic heterocycles. The molecule has 0 rings (SSSR count). The number of carbonyl (C=O) groups excluding carboxylic acids is 1. The van der Waals surface area contributed by atoms with Crippen LogP contribution in [0.5, 0.6) is 0 Å². The summed E-state index contributed by atoms with van der Waals surface area (Å²) in [7, 11) is 3.89. The number of carboxylic acid groups (broad SMARTS) is 1. The number of hydrogen-bond donors (Lipinski definition) is 2. The summed E-state index contributed by atoms with van der Waals surface area (Å²) in [5.41, 5.74) is -0.402. The Morgan fingerprint density at radius 2 is 1.79 bits per heavy atom. The summed E-state index contributed by atoms with van der Waals surface area (Å²) in [6.07, 6.45) is -0.0477. The number of hydrogen-bond acceptors (Lipinski definition) is 3. The van der Waals surface area contributed by atoms with Crippen molar-refractivity contribution in [1.82, 2.24) is 15.1 Å². The summed E-state index contributed by atoms with van der Waals surface area (Å²) in [5, 5.41) is 11.6. The van der Waals surface area contributed by atoms with Crippen LogP contribution in [0.3, 0.4) is 0 Å². The molecule has 0 bridgehead atoms. The van der Waals surface area contributed by atoms with Crippen molar-refractivity contribution in [3.8, 4) is 0 Å². The van der Waals surface area contributed by atoms with Crippen LogP contribution in [-0.4, -0.2) is 65.7 Å². The van der Waals surface area contributed by atoms with E-state index in [0.29, 0.717) is 6.54 Å². The fourth-order valence-corrected chi connectivity index (χ4v) is 1.46. The molecule has 6 heteroatoms. The summed E-state index contributed by atoms with van der Waals surface area (Å²) in [5.74, 6) is -0.899. The van der Waals surface area contributed by atoms with E-state index in [4.69, 9.17) is 5.11 Å². The maximum Gasteiger partial charge on any atom is 0.317 e. The van der Waals surface area contributed by atoms with Gasteiger partial charge in [0, 0.05) is 24.7 Å². The molecule has 0 aliphatic carbocycles. The van der Waals surface area contributed by atoms with Crippen LogP contribution in [0, 0.1) is 0 Å². The average Bonchev–Trinajstić information content (AvgIpc) is 2.23. The van der Waals surface area contributed by atoms with Gasteiger partial charge >= 0.3 is 12.0 Å². The molecule has 0 aromatic carbocycles. The first-order valence-corrected chi connectivity index (χ1v) is 6.49. The Hall–Kier alpha value is -1.30. The molecule has 1 atom stereocenters. The summed E-state index contributed by atoms with van der Waals surface area (Å²) < 4.78 is 0. The van der Waals surface area contributed by atoms with Gasteiger partial charge in [0.05, 0.1) is 6.42 Å². The number of rotatable bonds is 6. The summed E-state index contributed by atoms with van der Waals surface area (Å²) in [6.45, 7) is 8.43. The van der Waals surface area contributed by atoms with Crippen LogP contribution in [0.2, 0.25) is 0 Å². The highest BCUT2D eigenvalue weighted by Gasteiger charge is 2.26. The lowest BCUT2D eigenvalue weighted by Crippen LogP contribution is -2.52. The van der Waals surface area contributed by atoms with E-state index in [0.717, 1.165) is 0 Å².